The number of Topliss-reactive ketones (excluding diaryl/α,β-unsaturated/α-hetero) is 1. The van der Waals surface area contributed by atoms with E-state index in [0.29, 0.717) is 18.7 Å². The summed E-state index contributed by atoms with van der Waals surface area (Å²) in [6.07, 6.45) is 4.00. The molecule has 0 unspecified atom stereocenters. The number of piperidine rings is 1. The molecule has 1 saturated heterocycles. The molecule has 3 heterocycles. The molecule has 1 fully saturated rings. The summed E-state index contributed by atoms with van der Waals surface area (Å²) >= 11 is 0. The molecule has 5 heteroatoms. The van der Waals surface area contributed by atoms with Gasteiger partial charge in [0.25, 0.3) is 11.7 Å². The molecule has 5 nitrogen and oxygen atoms in total. The number of H-pyrrole nitrogens is 1. The normalized spacial score (nSPS) is 17.7. The van der Waals surface area contributed by atoms with Crippen LogP contribution in [0.4, 0.5) is 0 Å². The fourth-order valence-corrected chi connectivity index (χ4v) is 4.28. The third kappa shape index (κ3) is 2.62. The van der Waals surface area contributed by atoms with Crippen molar-refractivity contribution >= 4 is 22.6 Å². The molecule has 1 aromatic heterocycles. The molecule has 1 N–H and O–H groups in total. The number of carbonyl (C=O) groups excluding carboxylic acids is 2. The van der Waals surface area contributed by atoms with Crippen LogP contribution in [-0.4, -0.2) is 40.3 Å². The maximum atomic E-state index is 12.8. The van der Waals surface area contributed by atoms with Gasteiger partial charge in [0.2, 0.25) is 0 Å². The molecule has 2 aliphatic rings. The van der Waals surface area contributed by atoms with Crippen LogP contribution in [0.2, 0.25) is 0 Å². The molecule has 0 bridgehead atoms. The first-order valence-corrected chi connectivity index (χ1v) is 9.32. The Morgan fingerprint density at radius 3 is 2.56 bits per heavy atom. The van der Waals surface area contributed by atoms with Crippen molar-refractivity contribution in [1.29, 1.82) is 0 Å². The van der Waals surface area contributed by atoms with E-state index in [4.69, 9.17) is 4.74 Å². The van der Waals surface area contributed by atoms with E-state index in [2.05, 4.69) is 11.1 Å². The zero-order chi connectivity index (χ0) is 18.4. The van der Waals surface area contributed by atoms with Gasteiger partial charge in [0.1, 0.15) is 11.4 Å². The monoisotopic (exact) mass is 360 g/mol. The van der Waals surface area contributed by atoms with Crippen LogP contribution in [0.1, 0.15) is 28.8 Å². The molecule has 0 saturated carbocycles. The number of ether oxygens (including phenoxy) is 1. The average molecular weight is 360 g/mol. The number of para-hydroxylation sites is 2. The van der Waals surface area contributed by atoms with E-state index in [9.17, 15) is 9.59 Å². The Morgan fingerprint density at radius 1 is 1.00 bits per heavy atom. The van der Waals surface area contributed by atoms with E-state index in [1.165, 1.54) is 5.56 Å². The van der Waals surface area contributed by atoms with Crippen LogP contribution < -0.4 is 4.74 Å². The number of nitrogens with one attached hydrogen (secondary N) is 1. The van der Waals surface area contributed by atoms with Crippen molar-refractivity contribution in [2.75, 3.05) is 13.1 Å². The number of hydrogen-bond acceptors (Lipinski definition) is 3. The third-order valence-electron chi connectivity index (χ3n) is 5.80. The first-order chi connectivity index (χ1) is 13.2. The Kier molecular flexibility index (Phi) is 3.57. The lowest BCUT2D eigenvalue weighted by Crippen LogP contribution is -2.50. The molecule has 136 valence electrons. The standard InChI is InChI=1S/C22H20N2O3/c25-20(17-14-23-18-7-3-2-6-16(17)18)21(26)24-11-9-22(10-12-24)13-15-5-1-4-8-19(15)27-22/h1-8,14,23H,9-13H2. The van der Waals surface area contributed by atoms with Gasteiger partial charge in [-0.05, 0) is 17.7 Å². The van der Waals surface area contributed by atoms with Crippen LogP contribution in [0.25, 0.3) is 10.9 Å². The summed E-state index contributed by atoms with van der Waals surface area (Å²) in [4.78, 5) is 30.3. The van der Waals surface area contributed by atoms with E-state index in [1.54, 1.807) is 11.1 Å². The Morgan fingerprint density at radius 2 is 1.74 bits per heavy atom. The van der Waals surface area contributed by atoms with Crippen molar-refractivity contribution in [3.05, 3.63) is 65.9 Å². The molecule has 27 heavy (non-hydrogen) atoms. The summed E-state index contributed by atoms with van der Waals surface area (Å²) in [6.45, 7) is 1.09. The molecule has 1 spiro atoms. The summed E-state index contributed by atoms with van der Waals surface area (Å²) < 4.78 is 6.23. The van der Waals surface area contributed by atoms with Gasteiger partial charge in [-0.2, -0.15) is 0 Å². The van der Waals surface area contributed by atoms with Gasteiger partial charge < -0.3 is 14.6 Å². The summed E-state index contributed by atoms with van der Waals surface area (Å²) in [5.41, 5.74) is 2.31. The van der Waals surface area contributed by atoms with Gasteiger partial charge in [0.15, 0.2) is 0 Å². The van der Waals surface area contributed by atoms with Crippen LogP contribution >= 0.6 is 0 Å². The molecule has 0 radical (unpaired) electrons. The predicted molar refractivity (Wildman–Crippen MR) is 102 cm³/mol. The highest BCUT2D eigenvalue weighted by Gasteiger charge is 2.43. The number of benzene rings is 2. The van der Waals surface area contributed by atoms with Gasteiger partial charge in [-0.25, -0.2) is 0 Å². The topological polar surface area (TPSA) is 62.4 Å². The van der Waals surface area contributed by atoms with Crippen LogP contribution in [0.3, 0.4) is 0 Å². The maximum absolute atomic E-state index is 12.8. The number of amides is 1. The fourth-order valence-electron chi connectivity index (χ4n) is 4.28. The summed E-state index contributed by atoms with van der Waals surface area (Å²) in [5, 5.41) is 0.791. The average Bonchev–Trinajstić information content (AvgIpc) is 3.28. The van der Waals surface area contributed by atoms with Crippen molar-refractivity contribution < 1.29 is 14.3 Å². The second kappa shape index (κ2) is 5.98. The lowest BCUT2D eigenvalue weighted by Gasteiger charge is -2.38. The van der Waals surface area contributed by atoms with Gasteiger partial charge in [-0.3, -0.25) is 9.59 Å². The molecule has 5 rings (SSSR count). The molecule has 2 aliphatic heterocycles. The van der Waals surface area contributed by atoms with Gasteiger partial charge in [0, 0.05) is 49.5 Å². The summed E-state index contributed by atoms with van der Waals surface area (Å²) in [6, 6.07) is 15.6. The number of rotatable bonds is 2. The quantitative estimate of drug-likeness (QED) is 0.563. The SMILES string of the molecule is O=C(C(=O)N1CCC2(CC1)Cc1ccccc1O2)c1c[nH]c2ccccc12. The van der Waals surface area contributed by atoms with Gasteiger partial charge in [-0.1, -0.05) is 36.4 Å². The summed E-state index contributed by atoms with van der Waals surface area (Å²) in [7, 11) is 0. The minimum Gasteiger partial charge on any atom is -0.487 e. The van der Waals surface area contributed by atoms with Crippen LogP contribution in [0.15, 0.2) is 54.7 Å². The molecule has 0 aliphatic carbocycles. The Labute approximate surface area is 156 Å². The van der Waals surface area contributed by atoms with E-state index >= 15 is 0 Å². The number of carbonyl (C=O) groups is 2. The number of nitrogens with zero attached hydrogens (tertiary/aromatic N) is 1. The smallest absolute Gasteiger partial charge is 0.295 e. The van der Waals surface area contributed by atoms with Gasteiger partial charge in [0.05, 0.1) is 5.56 Å². The van der Waals surface area contributed by atoms with Crippen LogP contribution in [-0.2, 0) is 11.2 Å². The van der Waals surface area contributed by atoms with Gasteiger partial charge >= 0.3 is 0 Å². The van der Waals surface area contributed by atoms with Crippen LogP contribution in [0, 0.1) is 0 Å². The lowest BCUT2D eigenvalue weighted by atomic mass is 9.87. The van der Waals surface area contributed by atoms with Crippen molar-refractivity contribution in [2.45, 2.75) is 24.9 Å². The number of aromatic nitrogens is 1. The zero-order valence-electron chi connectivity index (χ0n) is 14.9. The maximum Gasteiger partial charge on any atom is 0.295 e. The second-order valence-electron chi connectivity index (χ2n) is 7.44. The first kappa shape index (κ1) is 16.1. The van der Waals surface area contributed by atoms with Crippen LogP contribution in [0.5, 0.6) is 5.75 Å². The largest absolute Gasteiger partial charge is 0.487 e. The lowest BCUT2D eigenvalue weighted by molar-refractivity contribution is -0.129. The number of aromatic amines is 1. The minimum atomic E-state index is -0.445. The Bertz CT molecular complexity index is 1020. The van der Waals surface area contributed by atoms with E-state index in [1.807, 2.05) is 42.5 Å². The second-order valence-corrected chi connectivity index (χ2v) is 7.44. The Balaban J connectivity index is 1.30. The highest BCUT2D eigenvalue weighted by molar-refractivity contribution is 6.44. The first-order valence-electron chi connectivity index (χ1n) is 9.32. The minimum absolute atomic E-state index is 0.232. The number of hydrogen-bond donors (Lipinski definition) is 1. The molecule has 1 amide bonds. The Hall–Kier alpha value is -3.08. The van der Waals surface area contributed by atoms with Crippen molar-refractivity contribution in [2.24, 2.45) is 0 Å². The van der Waals surface area contributed by atoms with Crippen molar-refractivity contribution in [1.82, 2.24) is 9.88 Å². The molecule has 3 aromatic rings. The number of fused-ring (bicyclic) bond motifs is 2. The zero-order valence-corrected chi connectivity index (χ0v) is 14.9. The highest BCUT2D eigenvalue weighted by atomic mass is 16.5. The van der Waals surface area contributed by atoms with E-state index in [0.717, 1.165) is 35.9 Å². The van der Waals surface area contributed by atoms with Crippen molar-refractivity contribution in [3.8, 4) is 5.75 Å². The number of likely N-dealkylation sites (tertiary alicyclic amines) is 1. The van der Waals surface area contributed by atoms with E-state index in [-0.39, 0.29) is 5.60 Å². The number of ketones is 1. The highest BCUT2D eigenvalue weighted by Crippen LogP contribution is 2.40. The van der Waals surface area contributed by atoms with Gasteiger partial charge in [-0.15, -0.1) is 0 Å². The van der Waals surface area contributed by atoms with Crippen molar-refractivity contribution in [3.63, 3.8) is 0 Å². The fraction of sp³-hybridized carbons (Fsp3) is 0.273. The third-order valence-corrected chi connectivity index (χ3v) is 5.80. The predicted octanol–water partition coefficient (Wildman–Crippen LogP) is 3.35. The molecule has 0 atom stereocenters. The summed E-state index contributed by atoms with van der Waals surface area (Å²) in [5.74, 6) is 0.0799. The van der Waals surface area contributed by atoms with E-state index < -0.39 is 11.7 Å². The molecular formula is C22H20N2O3. The molecular weight excluding hydrogens is 340 g/mol. The molecule has 2 aromatic carbocycles.